The highest BCUT2D eigenvalue weighted by molar-refractivity contribution is 6.32. The third-order valence-corrected chi connectivity index (χ3v) is 6.66. The summed E-state index contributed by atoms with van der Waals surface area (Å²) < 4.78 is 4.90. The third-order valence-electron chi connectivity index (χ3n) is 6.32. The quantitative estimate of drug-likeness (QED) is 0.566. The summed E-state index contributed by atoms with van der Waals surface area (Å²) in [5.74, 6) is 0.766. The molecule has 4 aliphatic carbocycles. The average Bonchev–Trinajstić information content (AvgIpc) is 2.64. The molecule has 3 amide bonds. The van der Waals surface area contributed by atoms with Gasteiger partial charge in [0.1, 0.15) is 0 Å². The fraction of sp³-hybridized carbons (Fsp3) is 0.500. The Morgan fingerprint density at radius 2 is 1.69 bits per heavy atom. The number of urea groups is 1. The van der Waals surface area contributed by atoms with Crippen LogP contribution in [-0.2, 0) is 14.3 Å². The average molecular weight is 417 g/mol. The monoisotopic (exact) mass is 416 g/mol. The number of rotatable bonds is 5. The summed E-state index contributed by atoms with van der Waals surface area (Å²) in [7, 11) is 0. The lowest BCUT2D eigenvalue weighted by Gasteiger charge is -2.56. The van der Waals surface area contributed by atoms with Gasteiger partial charge in [-0.25, -0.2) is 9.59 Å². The molecule has 4 bridgehead atoms. The van der Waals surface area contributed by atoms with Gasteiger partial charge in [-0.15, -0.1) is 0 Å². The van der Waals surface area contributed by atoms with Crippen LogP contribution in [0, 0.1) is 17.8 Å². The Bertz CT molecular complexity index is 816. The second-order valence-electron chi connectivity index (χ2n) is 8.66. The highest BCUT2D eigenvalue weighted by Crippen LogP contribution is 2.55. The SMILES string of the molecule is O=C(COC(=O)/C=C/c1ccccc1Cl)NC(=O)NC12CC3CC(CC(C3)C1)C2. The zero-order chi connectivity index (χ0) is 20.4. The number of amides is 3. The molecular formula is C22H25ClN2O4. The Balaban J connectivity index is 1.22. The van der Waals surface area contributed by atoms with Gasteiger partial charge >= 0.3 is 12.0 Å². The Labute approximate surface area is 175 Å². The molecule has 0 spiro atoms. The van der Waals surface area contributed by atoms with Crippen molar-refractivity contribution in [1.82, 2.24) is 10.6 Å². The molecule has 1 aromatic carbocycles. The van der Waals surface area contributed by atoms with E-state index >= 15 is 0 Å². The molecule has 0 aliphatic heterocycles. The van der Waals surface area contributed by atoms with Crippen molar-refractivity contribution in [2.75, 3.05) is 6.61 Å². The molecule has 0 radical (unpaired) electrons. The van der Waals surface area contributed by atoms with Crippen molar-refractivity contribution in [3.63, 3.8) is 0 Å². The zero-order valence-corrected chi connectivity index (χ0v) is 16.9. The van der Waals surface area contributed by atoms with E-state index in [1.807, 2.05) is 0 Å². The number of benzene rings is 1. The van der Waals surface area contributed by atoms with Crippen LogP contribution in [0.2, 0.25) is 5.02 Å². The molecule has 29 heavy (non-hydrogen) atoms. The van der Waals surface area contributed by atoms with Gasteiger partial charge in [0.05, 0.1) is 0 Å². The van der Waals surface area contributed by atoms with Gasteiger partial charge < -0.3 is 10.1 Å². The molecule has 4 fully saturated rings. The lowest BCUT2D eigenvalue weighted by molar-refractivity contribution is -0.143. The van der Waals surface area contributed by atoms with Crippen LogP contribution in [0.3, 0.4) is 0 Å². The number of ether oxygens (including phenoxy) is 1. The van der Waals surface area contributed by atoms with Crippen LogP contribution in [0.5, 0.6) is 0 Å². The maximum atomic E-state index is 12.3. The Morgan fingerprint density at radius 3 is 2.31 bits per heavy atom. The van der Waals surface area contributed by atoms with Gasteiger partial charge in [-0.05, 0) is 74.0 Å². The predicted octanol–water partition coefficient (Wildman–Crippen LogP) is 3.69. The van der Waals surface area contributed by atoms with Crippen molar-refractivity contribution in [3.05, 3.63) is 40.9 Å². The number of hydrogen-bond acceptors (Lipinski definition) is 4. The van der Waals surface area contributed by atoms with E-state index in [0.717, 1.165) is 19.3 Å². The van der Waals surface area contributed by atoms with E-state index in [2.05, 4.69) is 10.6 Å². The number of halogens is 1. The topological polar surface area (TPSA) is 84.5 Å². The molecule has 0 aromatic heterocycles. The zero-order valence-electron chi connectivity index (χ0n) is 16.2. The highest BCUT2D eigenvalue weighted by atomic mass is 35.5. The Hall–Kier alpha value is -2.34. The maximum absolute atomic E-state index is 12.3. The number of carbonyl (C=O) groups excluding carboxylic acids is 3. The molecule has 7 heteroatoms. The summed E-state index contributed by atoms with van der Waals surface area (Å²) in [5.41, 5.74) is 0.499. The Morgan fingerprint density at radius 1 is 1.07 bits per heavy atom. The number of hydrogen-bond donors (Lipinski definition) is 2. The van der Waals surface area contributed by atoms with Crippen LogP contribution in [-0.4, -0.2) is 30.1 Å². The minimum Gasteiger partial charge on any atom is -0.452 e. The van der Waals surface area contributed by atoms with E-state index in [0.29, 0.717) is 28.3 Å². The molecule has 2 N–H and O–H groups in total. The summed E-state index contributed by atoms with van der Waals surface area (Å²) in [6, 6.07) is 6.55. The van der Waals surface area contributed by atoms with Crippen molar-refractivity contribution in [1.29, 1.82) is 0 Å². The standard InChI is InChI=1S/C22H25ClN2O4/c23-18-4-2-1-3-17(18)5-6-20(27)29-13-19(26)24-21(28)25-22-10-14-7-15(11-22)9-16(8-14)12-22/h1-6,14-16H,7-13H2,(H2,24,25,26,28)/b6-5+. The first kappa shape index (κ1) is 20.0. The van der Waals surface area contributed by atoms with Crippen LogP contribution in [0.4, 0.5) is 4.79 Å². The summed E-state index contributed by atoms with van der Waals surface area (Å²) in [6.07, 6.45) is 9.55. The fourth-order valence-electron chi connectivity index (χ4n) is 5.65. The van der Waals surface area contributed by atoms with Crippen LogP contribution < -0.4 is 10.6 Å². The molecule has 1 aromatic rings. The highest BCUT2D eigenvalue weighted by Gasteiger charge is 2.51. The first-order valence-corrected chi connectivity index (χ1v) is 10.5. The van der Waals surface area contributed by atoms with Crippen molar-refractivity contribution in [3.8, 4) is 0 Å². The fourth-order valence-corrected chi connectivity index (χ4v) is 5.85. The molecular weight excluding hydrogens is 392 g/mol. The van der Waals surface area contributed by atoms with Crippen LogP contribution in [0.25, 0.3) is 6.08 Å². The van der Waals surface area contributed by atoms with E-state index in [9.17, 15) is 14.4 Å². The van der Waals surface area contributed by atoms with E-state index in [-0.39, 0.29) is 5.54 Å². The number of esters is 1. The second-order valence-corrected chi connectivity index (χ2v) is 9.07. The molecule has 6 nitrogen and oxygen atoms in total. The Kier molecular flexibility index (Phi) is 5.63. The van der Waals surface area contributed by atoms with Gasteiger partial charge in [0.25, 0.3) is 5.91 Å². The smallest absolute Gasteiger partial charge is 0.331 e. The van der Waals surface area contributed by atoms with E-state index in [1.165, 1.54) is 31.4 Å². The van der Waals surface area contributed by atoms with Crippen molar-refractivity contribution >= 4 is 35.6 Å². The molecule has 5 rings (SSSR count). The summed E-state index contributed by atoms with van der Waals surface area (Å²) >= 11 is 6.01. The molecule has 0 unspecified atom stereocenters. The minimum atomic E-state index is -0.679. The van der Waals surface area contributed by atoms with Crippen LogP contribution >= 0.6 is 11.6 Å². The van der Waals surface area contributed by atoms with Crippen LogP contribution in [0.15, 0.2) is 30.3 Å². The number of nitrogens with one attached hydrogen (secondary N) is 2. The molecule has 0 heterocycles. The first-order chi connectivity index (χ1) is 13.9. The van der Waals surface area contributed by atoms with E-state index in [4.69, 9.17) is 16.3 Å². The summed E-state index contributed by atoms with van der Waals surface area (Å²) in [5, 5.41) is 5.85. The van der Waals surface area contributed by atoms with Crippen LogP contribution in [0.1, 0.15) is 44.1 Å². The van der Waals surface area contributed by atoms with Gasteiger partial charge in [0, 0.05) is 16.6 Å². The van der Waals surface area contributed by atoms with Gasteiger partial charge in [-0.3, -0.25) is 10.1 Å². The molecule has 154 valence electrons. The van der Waals surface area contributed by atoms with E-state index in [1.54, 1.807) is 24.3 Å². The minimum absolute atomic E-state index is 0.173. The summed E-state index contributed by atoms with van der Waals surface area (Å²) in [4.78, 5) is 36.1. The molecule has 0 saturated heterocycles. The summed E-state index contributed by atoms with van der Waals surface area (Å²) in [6.45, 7) is -0.514. The van der Waals surface area contributed by atoms with Gasteiger partial charge in [-0.1, -0.05) is 29.8 Å². The lowest BCUT2D eigenvalue weighted by Crippen LogP contribution is -2.62. The van der Waals surface area contributed by atoms with Gasteiger partial charge in [0.15, 0.2) is 6.61 Å². The first-order valence-electron chi connectivity index (χ1n) is 10.1. The molecule has 4 saturated carbocycles. The number of carbonyl (C=O) groups is 3. The number of imide groups is 1. The largest absolute Gasteiger partial charge is 0.452 e. The predicted molar refractivity (Wildman–Crippen MR) is 109 cm³/mol. The van der Waals surface area contributed by atoms with E-state index < -0.39 is 24.5 Å². The van der Waals surface area contributed by atoms with Crippen molar-refractivity contribution in [2.45, 2.75) is 44.1 Å². The maximum Gasteiger partial charge on any atom is 0.331 e. The van der Waals surface area contributed by atoms with Gasteiger partial charge in [-0.2, -0.15) is 0 Å². The normalized spacial score (nSPS) is 29.6. The second kappa shape index (κ2) is 8.19. The van der Waals surface area contributed by atoms with Crippen molar-refractivity contribution < 1.29 is 19.1 Å². The molecule has 4 aliphatic rings. The molecule has 0 atom stereocenters. The van der Waals surface area contributed by atoms with Crippen molar-refractivity contribution in [2.24, 2.45) is 17.8 Å². The third kappa shape index (κ3) is 4.81. The van der Waals surface area contributed by atoms with Gasteiger partial charge in [0.2, 0.25) is 0 Å². The lowest BCUT2D eigenvalue weighted by atomic mass is 9.53.